The minimum Gasteiger partial charge on any atom is -0.396 e. The molecule has 0 aromatic heterocycles. The van der Waals surface area contributed by atoms with E-state index in [-0.39, 0.29) is 11.5 Å². The van der Waals surface area contributed by atoms with Crippen molar-refractivity contribution in [2.24, 2.45) is 5.73 Å². The first-order valence-electron chi connectivity index (χ1n) is 11.5. The van der Waals surface area contributed by atoms with Crippen LogP contribution in [0.1, 0.15) is 55.2 Å². The zero-order chi connectivity index (χ0) is 23.3. The van der Waals surface area contributed by atoms with Gasteiger partial charge in [0.2, 0.25) is 0 Å². The third kappa shape index (κ3) is 7.77. The first-order valence-corrected chi connectivity index (χ1v) is 11.5. The molecule has 0 fully saturated rings. The van der Waals surface area contributed by atoms with E-state index in [4.69, 9.17) is 16.6 Å². The summed E-state index contributed by atoms with van der Waals surface area (Å²) in [6, 6.07) is 22.4. The summed E-state index contributed by atoms with van der Waals surface area (Å²) >= 11 is 0. The zero-order valence-corrected chi connectivity index (χ0v) is 19.4. The van der Waals surface area contributed by atoms with Crippen molar-refractivity contribution in [2.75, 3.05) is 18.9 Å². The van der Waals surface area contributed by atoms with Gasteiger partial charge in [0, 0.05) is 6.61 Å². The Morgan fingerprint density at radius 3 is 2.19 bits per heavy atom. The Bertz CT molecular complexity index is 926. The number of nitrogen functional groups attached to an aromatic ring is 1. The fraction of sp³-hybridized carbons (Fsp3) is 0.357. The second kappa shape index (κ2) is 13.7. The number of hydrogen-bond acceptors (Lipinski definition) is 3. The minimum atomic E-state index is -0.334. The van der Waals surface area contributed by atoms with E-state index in [9.17, 15) is 4.39 Å². The number of aryl methyl sites for hydroxylation is 2. The molecule has 3 nitrogen and oxygen atoms in total. The molecule has 3 aromatic carbocycles. The molecule has 172 valence electrons. The van der Waals surface area contributed by atoms with Gasteiger partial charge in [-0.05, 0) is 91.4 Å². The summed E-state index contributed by atoms with van der Waals surface area (Å²) in [5.41, 5.74) is 17.3. The van der Waals surface area contributed by atoms with Gasteiger partial charge in [-0.1, -0.05) is 61.5 Å². The van der Waals surface area contributed by atoms with Gasteiger partial charge >= 0.3 is 0 Å². The summed E-state index contributed by atoms with van der Waals surface area (Å²) < 4.78 is 13.2. The van der Waals surface area contributed by atoms with Crippen LogP contribution >= 0.6 is 0 Å². The number of aliphatic hydroxyl groups excluding tert-OH is 1. The van der Waals surface area contributed by atoms with E-state index in [0.717, 1.165) is 43.2 Å². The van der Waals surface area contributed by atoms with Gasteiger partial charge in [-0.25, -0.2) is 4.39 Å². The Balaban J connectivity index is 0.000000229. The van der Waals surface area contributed by atoms with E-state index in [1.807, 2.05) is 13.0 Å². The maximum absolute atomic E-state index is 13.2. The molecule has 5 N–H and O–H groups in total. The summed E-state index contributed by atoms with van der Waals surface area (Å²) in [5.74, 6) is 0.0525. The van der Waals surface area contributed by atoms with E-state index >= 15 is 0 Å². The summed E-state index contributed by atoms with van der Waals surface area (Å²) in [6.07, 6.45) is 4.92. The van der Waals surface area contributed by atoms with Gasteiger partial charge < -0.3 is 16.6 Å². The summed E-state index contributed by atoms with van der Waals surface area (Å²) in [4.78, 5) is 0. The number of unbranched alkanes of at least 4 members (excludes halogenated alkanes) is 1. The average Bonchev–Trinajstić information content (AvgIpc) is 2.82. The van der Waals surface area contributed by atoms with Crippen molar-refractivity contribution in [3.63, 3.8) is 0 Å². The molecule has 0 heterocycles. The molecule has 0 saturated carbocycles. The van der Waals surface area contributed by atoms with Crippen LogP contribution in [0.5, 0.6) is 0 Å². The normalized spacial score (nSPS) is 11.5. The number of benzene rings is 3. The molecule has 1 atom stereocenters. The van der Waals surface area contributed by atoms with Crippen LogP contribution in [-0.2, 0) is 6.42 Å². The first-order chi connectivity index (χ1) is 15.5. The quantitative estimate of drug-likeness (QED) is 0.275. The summed E-state index contributed by atoms with van der Waals surface area (Å²) in [5, 5.41) is 8.74. The van der Waals surface area contributed by atoms with Crippen LogP contribution < -0.4 is 11.5 Å². The smallest absolute Gasteiger partial charge is 0.146 e. The molecule has 0 aliphatic carbocycles. The molecular weight excluding hydrogens is 399 g/mol. The average molecular weight is 437 g/mol. The highest BCUT2D eigenvalue weighted by Crippen LogP contribution is 2.28. The van der Waals surface area contributed by atoms with Gasteiger partial charge in [0.1, 0.15) is 5.82 Å². The lowest BCUT2D eigenvalue weighted by atomic mass is 9.89. The molecule has 0 bridgehead atoms. The van der Waals surface area contributed by atoms with Crippen molar-refractivity contribution in [2.45, 2.75) is 51.9 Å². The van der Waals surface area contributed by atoms with Gasteiger partial charge in [0.05, 0.1) is 5.69 Å². The van der Waals surface area contributed by atoms with Crippen LogP contribution in [0.4, 0.5) is 10.1 Å². The van der Waals surface area contributed by atoms with E-state index in [1.165, 1.54) is 22.8 Å². The Morgan fingerprint density at radius 2 is 1.59 bits per heavy atom. The third-order valence-corrected chi connectivity index (χ3v) is 5.77. The fourth-order valence-corrected chi connectivity index (χ4v) is 3.86. The first kappa shape index (κ1) is 25.6. The van der Waals surface area contributed by atoms with Crippen molar-refractivity contribution in [1.29, 1.82) is 0 Å². The Hall–Kier alpha value is -2.69. The van der Waals surface area contributed by atoms with Gasteiger partial charge in [0.15, 0.2) is 0 Å². The van der Waals surface area contributed by atoms with E-state index < -0.39 is 0 Å². The highest BCUT2D eigenvalue weighted by Gasteiger charge is 2.13. The molecule has 0 radical (unpaired) electrons. The number of nitrogens with two attached hydrogens (primary N) is 2. The Labute approximate surface area is 192 Å². The largest absolute Gasteiger partial charge is 0.396 e. The van der Waals surface area contributed by atoms with Crippen LogP contribution in [0, 0.1) is 12.7 Å². The van der Waals surface area contributed by atoms with E-state index in [0.29, 0.717) is 19.1 Å². The van der Waals surface area contributed by atoms with Gasteiger partial charge in [-0.3, -0.25) is 0 Å². The van der Waals surface area contributed by atoms with Gasteiger partial charge in [0.25, 0.3) is 0 Å². The molecule has 4 heteroatoms. The molecule has 0 aliphatic heterocycles. The number of halogens is 1. The maximum Gasteiger partial charge on any atom is 0.146 e. The number of rotatable bonds is 9. The van der Waals surface area contributed by atoms with Gasteiger partial charge in [-0.15, -0.1) is 0 Å². The standard InChI is InChI=1S/C16H18O.C12H19FN2/c17-13-5-4-6-14-9-11-16(12-10-14)15-7-2-1-3-8-15;1-3-9(4-5-14)10-7-12(15)11(13)6-8(10)2/h1-3,7-12,17H,4-6,13H2;6-7,9H,3-5,14-15H2,1-2H3. The molecule has 0 aliphatic rings. The molecule has 1 unspecified atom stereocenters. The van der Waals surface area contributed by atoms with E-state index in [2.05, 4.69) is 55.5 Å². The van der Waals surface area contributed by atoms with Crippen molar-refractivity contribution in [1.82, 2.24) is 0 Å². The second-order valence-corrected chi connectivity index (χ2v) is 8.16. The van der Waals surface area contributed by atoms with E-state index in [1.54, 1.807) is 6.07 Å². The maximum atomic E-state index is 13.2. The lowest BCUT2D eigenvalue weighted by Crippen LogP contribution is -2.09. The summed E-state index contributed by atoms with van der Waals surface area (Å²) in [7, 11) is 0. The number of aliphatic hydroxyl groups is 1. The molecule has 3 rings (SSSR count). The summed E-state index contributed by atoms with van der Waals surface area (Å²) in [6.45, 7) is 4.97. The van der Waals surface area contributed by atoms with Crippen LogP contribution in [0.2, 0.25) is 0 Å². The minimum absolute atomic E-state index is 0.228. The van der Waals surface area contributed by atoms with Crippen molar-refractivity contribution in [3.8, 4) is 11.1 Å². The predicted octanol–water partition coefficient (Wildman–Crippen LogP) is 6.23. The molecular formula is C28H37FN2O. The molecule has 0 amide bonds. The lowest BCUT2D eigenvalue weighted by Gasteiger charge is -2.17. The topological polar surface area (TPSA) is 72.3 Å². The SMILES string of the molecule is CCC(CCN)c1cc(N)c(F)cc1C.OCCCCc1ccc(-c2ccccc2)cc1. The highest BCUT2D eigenvalue weighted by atomic mass is 19.1. The van der Waals surface area contributed by atoms with Crippen LogP contribution in [0.25, 0.3) is 11.1 Å². The Kier molecular flexibility index (Phi) is 10.9. The fourth-order valence-electron chi connectivity index (χ4n) is 3.86. The van der Waals surface area contributed by atoms with Crippen molar-refractivity contribution < 1.29 is 9.50 Å². The Morgan fingerprint density at radius 1 is 0.938 bits per heavy atom. The lowest BCUT2D eigenvalue weighted by molar-refractivity contribution is 0.284. The number of hydrogen-bond donors (Lipinski definition) is 3. The van der Waals surface area contributed by atoms with Crippen molar-refractivity contribution in [3.05, 3.63) is 89.2 Å². The molecule has 0 spiro atoms. The highest BCUT2D eigenvalue weighted by molar-refractivity contribution is 5.63. The van der Waals surface area contributed by atoms with Crippen molar-refractivity contribution >= 4 is 5.69 Å². The zero-order valence-electron chi connectivity index (χ0n) is 19.4. The van der Waals surface area contributed by atoms with Crippen LogP contribution in [0.15, 0.2) is 66.7 Å². The molecule has 3 aromatic rings. The van der Waals surface area contributed by atoms with Crippen LogP contribution in [0.3, 0.4) is 0 Å². The second-order valence-electron chi connectivity index (χ2n) is 8.16. The predicted molar refractivity (Wildman–Crippen MR) is 134 cm³/mol. The monoisotopic (exact) mass is 436 g/mol. The molecule has 0 saturated heterocycles. The number of anilines is 1. The third-order valence-electron chi connectivity index (χ3n) is 5.77. The molecule has 32 heavy (non-hydrogen) atoms. The van der Waals surface area contributed by atoms with Gasteiger partial charge in [-0.2, -0.15) is 0 Å². The van der Waals surface area contributed by atoms with Crippen LogP contribution in [-0.4, -0.2) is 18.3 Å².